The minimum Gasteiger partial charge on any atom is -0.210 e. The Morgan fingerprint density at radius 1 is 1.70 bits per heavy atom. The maximum Gasteiger partial charge on any atom is 0.280 e. The molecular weight excluding hydrogens is 178 g/mol. The standard InChI is InChI=1S/C4H6ClNO3S/c1-2-4(5)10(8,9)6-3-7/h4H,2H2,1H3. The second-order valence-corrected chi connectivity index (χ2v) is 4.08. The van der Waals surface area contributed by atoms with Gasteiger partial charge in [0.1, 0.15) is 0 Å². The van der Waals surface area contributed by atoms with Crippen LogP contribution in [0.1, 0.15) is 13.3 Å². The summed E-state index contributed by atoms with van der Waals surface area (Å²) in [5, 5.41) is 0. The summed E-state index contributed by atoms with van der Waals surface area (Å²) in [5.41, 5.74) is 0. The summed E-state index contributed by atoms with van der Waals surface area (Å²) in [7, 11) is -3.79. The number of halogens is 1. The normalized spacial score (nSPS) is 13.8. The quantitative estimate of drug-likeness (QED) is 0.366. The predicted octanol–water partition coefficient (Wildman–Crippen LogP) is 0.627. The zero-order valence-corrected chi connectivity index (χ0v) is 6.82. The Hall–Kier alpha value is -0.380. The molecular formula is C4H6ClNO3S. The summed E-state index contributed by atoms with van der Waals surface area (Å²) in [6.07, 6.45) is 1.14. The molecule has 0 aromatic heterocycles. The van der Waals surface area contributed by atoms with E-state index in [-0.39, 0.29) is 6.42 Å². The minimum atomic E-state index is -3.79. The van der Waals surface area contributed by atoms with Gasteiger partial charge in [-0.2, -0.15) is 0 Å². The van der Waals surface area contributed by atoms with Crippen molar-refractivity contribution >= 4 is 27.7 Å². The molecule has 1 atom stereocenters. The van der Waals surface area contributed by atoms with Crippen LogP contribution in [0.3, 0.4) is 0 Å². The molecule has 0 bridgehead atoms. The lowest BCUT2D eigenvalue weighted by atomic mass is 10.6. The lowest BCUT2D eigenvalue weighted by Gasteiger charge is -1.98. The van der Waals surface area contributed by atoms with Crippen LogP contribution in [0.15, 0.2) is 4.40 Å². The molecule has 10 heavy (non-hydrogen) atoms. The van der Waals surface area contributed by atoms with Gasteiger partial charge < -0.3 is 0 Å². The molecule has 0 spiro atoms. The Morgan fingerprint density at radius 3 is 2.50 bits per heavy atom. The maximum absolute atomic E-state index is 10.6. The molecule has 0 N–H and O–H groups in total. The average molecular weight is 184 g/mol. The fraction of sp³-hybridized carbons (Fsp3) is 0.750. The van der Waals surface area contributed by atoms with Crippen molar-refractivity contribution in [2.75, 3.05) is 0 Å². The van der Waals surface area contributed by atoms with E-state index in [1.165, 1.54) is 0 Å². The Bertz CT molecular complexity index is 241. The summed E-state index contributed by atoms with van der Waals surface area (Å²) in [6.45, 7) is 1.58. The zero-order valence-electron chi connectivity index (χ0n) is 5.24. The Morgan fingerprint density at radius 2 is 2.20 bits per heavy atom. The van der Waals surface area contributed by atoms with Gasteiger partial charge in [-0.1, -0.05) is 11.3 Å². The number of hydrogen-bond donors (Lipinski definition) is 0. The van der Waals surface area contributed by atoms with E-state index in [1.54, 1.807) is 6.92 Å². The van der Waals surface area contributed by atoms with Gasteiger partial charge in [0.15, 0.2) is 4.71 Å². The molecule has 0 fully saturated rings. The van der Waals surface area contributed by atoms with Gasteiger partial charge in [0.2, 0.25) is 0 Å². The van der Waals surface area contributed by atoms with Crippen molar-refractivity contribution in [3.8, 4) is 0 Å². The number of isocyanates is 1. The molecule has 0 aromatic rings. The number of hydrogen-bond acceptors (Lipinski definition) is 3. The number of alkyl halides is 1. The van der Waals surface area contributed by atoms with Crippen molar-refractivity contribution in [2.24, 2.45) is 4.40 Å². The minimum absolute atomic E-state index is 0.217. The summed E-state index contributed by atoms with van der Waals surface area (Å²) in [5.74, 6) is 0. The second kappa shape index (κ2) is 3.71. The van der Waals surface area contributed by atoms with E-state index >= 15 is 0 Å². The van der Waals surface area contributed by atoms with Crippen molar-refractivity contribution in [3.63, 3.8) is 0 Å². The summed E-state index contributed by atoms with van der Waals surface area (Å²) >= 11 is 5.28. The van der Waals surface area contributed by atoms with E-state index in [2.05, 4.69) is 4.40 Å². The molecule has 0 aliphatic rings. The second-order valence-electron chi connectivity index (χ2n) is 1.52. The first-order valence-corrected chi connectivity index (χ1v) is 4.45. The van der Waals surface area contributed by atoms with Crippen molar-refractivity contribution in [2.45, 2.75) is 18.1 Å². The highest BCUT2D eigenvalue weighted by atomic mass is 35.5. The van der Waals surface area contributed by atoms with Crippen LogP contribution < -0.4 is 0 Å². The Balaban J connectivity index is 4.58. The van der Waals surface area contributed by atoms with Crippen LogP contribution in [0.25, 0.3) is 0 Å². The third-order valence-electron chi connectivity index (χ3n) is 0.809. The van der Waals surface area contributed by atoms with Crippen LogP contribution in [0.5, 0.6) is 0 Å². The van der Waals surface area contributed by atoms with Gasteiger partial charge in [0.05, 0.1) is 0 Å². The van der Waals surface area contributed by atoms with E-state index in [0.717, 1.165) is 6.08 Å². The van der Waals surface area contributed by atoms with Crippen molar-refractivity contribution in [3.05, 3.63) is 0 Å². The van der Waals surface area contributed by atoms with Gasteiger partial charge in [-0.3, -0.25) is 0 Å². The summed E-state index contributed by atoms with van der Waals surface area (Å²) < 4.78 is 22.6. The highest BCUT2D eigenvalue weighted by molar-refractivity contribution is 7.92. The van der Waals surface area contributed by atoms with Crippen molar-refractivity contribution in [1.82, 2.24) is 0 Å². The van der Waals surface area contributed by atoms with Gasteiger partial charge in [-0.15, -0.1) is 11.6 Å². The first-order valence-electron chi connectivity index (χ1n) is 2.51. The van der Waals surface area contributed by atoms with Crippen LogP contribution in [0.2, 0.25) is 0 Å². The highest BCUT2D eigenvalue weighted by Gasteiger charge is 2.19. The molecule has 4 nitrogen and oxygen atoms in total. The molecule has 0 aliphatic heterocycles. The molecule has 0 amide bonds. The molecule has 6 heteroatoms. The first kappa shape index (κ1) is 9.62. The molecule has 0 aliphatic carbocycles. The third-order valence-corrected chi connectivity index (χ3v) is 3.10. The zero-order chi connectivity index (χ0) is 8.20. The van der Waals surface area contributed by atoms with E-state index in [1.807, 2.05) is 0 Å². The summed E-state index contributed by atoms with van der Waals surface area (Å²) in [4.78, 5) is 9.51. The Labute approximate surface area is 64.0 Å². The smallest absolute Gasteiger partial charge is 0.210 e. The largest absolute Gasteiger partial charge is 0.280 e. The van der Waals surface area contributed by atoms with E-state index in [9.17, 15) is 13.2 Å². The topological polar surface area (TPSA) is 63.6 Å². The highest BCUT2D eigenvalue weighted by Crippen LogP contribution is 2.11. The van der Waals surface area contributed by atoms with Crippen LogP contribution in [0, 0.1) is 0 Å². The van der Waals surface area contributed by atoms with Crippen LogP contribution in [-0.4, -0.2) is 19.2 Å². The van der Waals surface area contributed by atoms with Crippen LogP contribution in [-0.2, 0) is 14.8 Å². The third kappa shape index (κ3) is 2.47. The number of nitrogens with zero attached hydrogens (tertiary/aromatic N) is 1. The van der Waals surface area contributed by atoms with Crippen LogP contribution in [0.4, 0.5) is 0 Å². The fourth-order valence-electron chi connectivity index (χ4n) is 0.320. The molecule has 0 rings (SSSR count). The number of carbonyl (C=O) groups excluding carboxylic acids is 1. The van der Waals surface area contributed by atoms with Crippen molar-refractivity contribution < 1.29 is 13.2 Å². The van der Waals surface area contributed by atoms with Gasteiger partial charge in [-0.05, 0) is 6.42 Å². The number of sulfonamides is 1. The van der Waals surface area contributed by atoms with Gasteiger partial charge >= 0.3 is 0 Å². The van der Waals surface area contributed by atoms with Gasteiger partial charge in [0.25, 0.3) is 16.1 Å². The van der Waals surface area contributed by atoms with Gasteiger partial charge in [-0.25, -0.2) is 13.2 Å². The molecule has 58 valence electrons. The van der Waals surface area contributed by atoms with Crippen LogP contribution >= 0.6 is 11.6 Å². The van der Waals surface area contributed by atoms with Crippen molar-refractivity contribution in [1.29, 1.82) is 0 Å². The lowest BCUT2D eigenvalue weighted by molar-refractivity contribution is 0.563. The molecule has 0 saturated carbocycles. The SMILES string of the molecule is CCC(Cl)S(=O)(=O)N=C=O. The fourth-order valence-corrected chi connectivity index (χ4v) is 1.08. The molecule has 0 heterocycles. The molecule has 1 unspecified atom stereocenters. The number of rotatable bonds is 3. The first-order chi connectivity index (χ1) is 4.54. The lowest BCUT2D eigenvalue weighted by Crippen LogP contribution is -2.10. The van der Waals surface area contributed by atoms with E-state index in [0.29, 0.717) is 0 Å². The predicted molar refractivity (Wildman–Crippen MR) is 37.0 cm³/mol. The van der Waals surface area contributed by atoms with Gasteiger partial charge in [0, 0.05) is 0 Å². The monoisotopic (exact) mass is 183 g/mol. The molecule has 0 radical (unpaired) electrons. The van der Waals surface area contributed by atoms with E-state index in [4.69, 9.17) is 11.6 Å². The summed E-state index contributed by atoms with van der Waals surface area (Å²) in [6, 6.07) is 0. The molecule has 0 aromatic carbocycles. The average Bonchev–Trinajstić information content (AvgIpc) is 1.86. The Kier molecular flexibility index (Phi) is 3.57. The molecule has 0 saturated heterocycles. The van der Waals surface area contributed by atoms with E-state index < -0.39 is 14.7 Å². The maximum atomic E-state index is 10.6.